The number of sulfonamides is 1. The van der Waals surface area contributed by atoms with Crippen LogP contribution in [0, 0.1) is 0 Å². The summed E-state index contributed by atoms with van der Waals surface area (Å²) in [7, 11) is -4.16. The molecule has 6 aromatic rings. The van der Waals surface area contributed by atoms with Gasteiger partial charge in [-0.15, -0.1) is 11.3 Å². The maximum absolute atomic E-state index is 13.7. The molecule has 226 valence electrons. The Morgan fingerprint density at radius 1 is 1.05 bits per heavy atom. The number of fused-ring (bicyclic) bond motifs is 2. The molecule has 0 aliphatic heterocycles. The van der Waals surface area contributed by atoms with E-state index in [1.165, 1.54) is 54.1 Å². The number of halogens is 4. The Bertz CT molecular complexity index is 2150. The van der Waals surface area contributed by atoms with E-state index >= 15 is 0 Å². The normalized spacial score (nSPS) is 14.6. The molecule has 0 radical (unpaired) electrons. The van der Waals surface area contributed by atoms with E-state index in [4.69, 9.17) is 21.8 Å². The van der Waals surface area contributed by atoms with E-state index in [-0.39, 0.29) is 32.7 Å². The highest BCUT2D eigenvalue weighted by molar-refractivity contribution is 7.89. The first kappa shape index (κ1) is 30.0. The van der Waals surface area contributed by atoms with Crippen LogP contribution in [-0.2, 0) is 15.6 Å². The Labute approximate surface area is 258 Å². The Balaban J connectivity index is 1.48. The zero-order chi connectivity index (χ0) is 31.4. The van der Waals surface area contributed by atoms with E-state index in [0.717, 1.165) is 6.07 Å². The zero-order valence-corrected chi connectivity index (χ0v) is 25.0. The van der Waals surface area contributed by atoms with Crippen LogP contribution >= 0.6 is 22.9 Å². The second-order valence-corrected chi connectivity index (χ2v) is 13.4. The lowest BCUT2D eigenvalue weighted by atomic mass is 9.94. The Morgan fingerprint density at radius 3 is 2.61 bits per heavy atom. The first-order valence-corrected chi connectivity index (χ1v) is 15.6. The first-order valence-electron chi connectivity index (χ1n) is 12.9. The third-order valence-electron chi connectivity index (χ3n) is 7.17. The van der Waals surface area contributed by atoms with Gasteiger partial charge in [0.25, 0.3) is 0 Å². The molecule has 1 unspecified atom stereocenters. The van der Waals surface area contributed by atoms with Gasteiger partial charge in [0.1, 0.15) is 11.4 Å². The van der Waals surface area contributed by atoms with Gasteiger partial charge in [-0.3, -0.25) is 4.98 Å². The zero-order valence-electron chi connectivity index (χ0n) is 22.6. The highest BCUT2D eigenvalue weighted by Crippen LogP contribution is 2.42. The number of nitrogens with one attached hydrogen (secondary N) is 1. The van der Waals surface area contributed by atoms with Crippen LogP contribution in [0.25, 0.3) is 32.3 Å². The molecule has 44 heavy (non-hydrogen) atoms. The second kappa shape index (κ2) is 10.9. The lowest BCUT2D eigenvalue weighted by Gasteiger charge is -2.26. The van der Waals surface area contributed by atoms with E-state index in [9.17, 15) is 26.7 Å². The van der Waals surface area contributed by atoms with Crippen molar-refractivity contribution >= 4 is 59.8 Å². The summed E-state index contributed by atoms with van der Waals surface area (Å²) >= 11 is 7.70. The average molecular weight is 659 g/mol. The van der Waals surface area contributed by atoms with Gasteiger partial charge in [0, 0.05) is 26.7 Å². The van der Waals surface area contributed by atoms with Gasteiger partial charge in [0.15, 0.2) is 5.60 Å². The molecular weight excluding hydrogens is 637 g/mol. The molecule has 0 fully saturated rings. The molecule has 4 N–H and O–H groups in total. The van der Waals surface area contributed by atoms with Crippen molar-refractivity contribution in [2.75, 3.05) is 5.73 Å². The number of pyridine rings is 2. The summed E-state index contributed by atoms with van der Waals surface area (Å²) in [6, 6.07) is 17.2. The molecule has 4 aromatic heterocycles. The van der Waals surface area contributed by atoms with Gasteiger partial charge >= 0.3 is 6.18 Å². The molecular formula is C30H22ClF3N4O4S2. The molecule has 0 aliphatic rings. The molecule has 0 bridgehead atoms. The number of nitrogens with two attached hydrogens (primary N) is 1. The maximum Gasteiger partial charge on any atom is 0.421 e. The van der Waals surface area contributed by atoms with E-state index in [0.29, 0.717) is 38.4 Å². The lowest BCUT2D eigenvalue weighted by molar-refractivity contribution is -0.258. The minimum atomic E-state index is -4.91. The molecule has 0 amide bonds. The van der Waals surface area contributed by atoms with E-state index in [1.807, 2.05) is 0 Å². The highest BCUT2D eigenvalue weighted by Gasteiger charge is 2.51. The van der Waals surface area contributed by atoms with Crippen molar-refractivity contribution in [1.82, 2.24) is 14.7 Å². The third kappa shape index (κ3) is 5.41. The second-order valence-electron chi connectivity index (χ2n) is 10.2. The van der Waals surface area contributed by atoms with E-state index < -0.39 is 27.8 Å². The number of alkyl halides is 3. The van der Waals surface area contributed by atoms with Gasteiger partial charge in [-0.25, -0.2) is 13.4 Å². The molecule has 0 aliphatic carbocycles. The van der Waals surface area contributed by atoms with E-state index in [2.05, 4.69) is 14.7 Å². The smallest absolute Gasteiger partial charge is 0.421 e. The fourth-order valence-electron chi connectivity index (χ4n) is 4.73. The Hall–Kier alpha value is -4.01. The maximum atomic E-state index is 13.7. The van der Waals surface area contributed by atoms with Crippen molar-refractivity contribution in [1.29, 1.82) is 0 Å². The largest absolute Gasteiger partial charge is 0.464 e. The molecule has 0 saturated heterocycles. The molecule has 4 heterocycles. The van der Waals surface area contributed by atoms with Crippen molar-refractivity contribution in [2.24, 2.45) is 0 Å². The molecule has 6 rings (SSSR count). The lowest BCUT2D eigenvalue weighted by Crippen LogP contribution is -2.39. The van der Waals surface area contributed by atoms with Crippen LogP contribution in [-0.4, -0.2) is 29.7 Å². The summed E-state index contributed by atoms with van der Waals surface area (Å²) in [5.74, 6) is 0.118. The van der Waals surface area contributed by atoms with Crippen molar-refractivity contribution in [2.45, 2.75) is 29.6 Å². The van der Waals surface area contributed by atoms with Gasteiger partial charge in [-0.1, -0.05) is 29.8 Å². The number of furan rings is 1. The van der Waals surface area contributed by atoms with Crippen LogP contribution in [0.1, 0.15) is 29.1 Å². The monoisotopic (exact) mass is 658 g/mol. The predicted molar refractivity (Wildman–Crippen MR) is 163 cm³/mol. The summed E-state index contributed by atoms with van der Waals surface area (Å²) in [6.45, 7) is 0.680. The van der Waals surface area contributed by atoms with Crippen molar-refractivity contribution in [3.63, 3.8) is 0 Å². The summed E-state index contributed by atoms with van der Waals surface area (Å²) in [5.41, 5.74) is 3.84. The number of nitrogen functional groups attached to an aromatic ring is 1. The summed E-state index contributed by atoms with van der Waals surface area (Å²) in [5, 5.41) is 11.7. The standard InChI is InChI=1S/C30H22ClF3N4O4S2/c1-29(39,30(32,33)34)18-9-11-36-22(15-18)20-4-2-3-17-14-24(43-28(17)20)27(26-21(31)6-8-25(35)37-26)38-44(40,41)19-5-7-23-16(13-19)10-12-42-23/h2-15,27,38-39H,1H3,(H2,35,37)/t27-,29?/m0/s1. The van der Waals surface area contributed by atoms with Gasteiger partial charge in [-0.2, -0.15) is 17.9 Å². The van der Waals surface area contributed by atoms with Crippen LogP contribution in [0.5, 0.6) is 0 Å². The van der Waals surface area contributed by atoms with Crippen LogP contribution in [0.3, 0.4) is 0 Å². The fourth-order valence-corrected chi connectivity index (χ4v) is 7.47. The Kier molecular flexibility index (Phi) is 7.41. The number of hydrogen-bond acceptors (Lipinski definition) is 8. The average Bonchev–Trinajstić information content (AvgIpc) is 3.63. The molecule has 2 atom stereocenters. The number of anilines is 1. The van der Waals surface area contributed by atoms with E-state index in [1.54, 1.807) is 36.4 Å². The van der Waals surface area contributed by atoms with Crippen LogP contribution < -0.4 is 10.5 Å². The number of rotatable bonds is 7. The van der Waals surface area contributed by atoms with Crippen LogP contribution in [0.15, 0.2) is 94.6 Å². The minimum absolute atomic E-state index is 0.0176. The van der Waals surface area contributed by atoms with Crippen molar-refractivity contribution < 1.29 is 31.1 Å². The van der Waals surface area contributed by atoms with Gasteiger partial charge in [0.05, 0.1) is 33.6 Å². The van der Waals surface area contributed by atoms with Gasteiger partial charge in [0.2, 0.25) is 10.0 Å². The molecule has 0 spiro atoms. The number of nitrogens with zero attached hydrogens (tertiary/aromatic N) is 2. The van der Waals surface area contributed by atoms with Crippen LogP contribution in [0.4, 0.5) is 19.0 Å². The highest BCUT2D eigenvalue weighted by atomic mass is 35.5. The number of benzene rings is 2. The van der Waals surface area contributed by atoms with Crippen LogP contribution in [0.2, 0.25) is 5.02 Å². The fraction of sp³-hybridized carbons (Fsp3) is 0.133. The molecule has 0 saturated carbocycles. The number of aromatic nitrogens is 2. The minimum Gasteiger partial charge on any atom is -0.464 e. The number of thiophene rings is 1. The van der Waals surface area contributed by atoms with Crippen molar-refractivity contribution in [3.8, 4) is 11.3 Å². The molecule has 14 heteroatoms. The topological polar surface area (TPSA) is 131 Å². The third-order valence-corrected chi connectivity index (χ3v) is 10.2. The molecule has 8 nitrogen and oxygen atoms in total. The SMILES string of the molecule is CC(O)(c1ccnc(-c2cccc3cc([C@H](NS(=O)(=O)c4ccc5occc5c4)c4nc(N)ccc4Cl)sc23)c1)C(F)(F)F. The molecule has 2 aromatic carbocycles. The Morgan fingerprint density at radius 2 is 1.84 bits per heavy atom. The van der Waals surface area contributed by atoms with Gasteiger partial charge in [-0.05, 0) is 72.5 Å². The first-order chi connectivity index (χ1) is 20.7. The summed E-state index contributed by atoms with van der Waals surface area (Å²) in [4.78, 5) is 9.08. The number of aliphatic hydroxyl groups is 1. The van der Waals surface area contributed by atoms with Gasteiger partial charge < -0.3 is 15.3 Å². The summed E-state index contributed by atoms with van der Waals surface area (Å²) in [6.07, 6.45) is -2.26. The predicted octanol–water partition coefficient (Wildman–Crippen LogP) is 7.18. The summed E-state index contributed by atoms with van der Waals surface area (Å²) < 4.78 is 76.8. The van der Waals surface area contributed by atoms with Crippen molar-refractivity contribution in [3.05, 3.63) is 106 Å². The quantitative estimate of drug-likeness (QED) is 0.166. The number of hydrogen-bond donors (Lipinski definition) is 3.